The zero-order valence-electron chi connectivity index (χ0n) is 7.95. The molecule has 0 bridgehead atoms. The molecule has 2 N–H and O–H groups in total. The highest BCUT2D eigenvalue weighted by Gasteiger charge is 2.06. The molecule has 0 saturated carbocycles. The van der Waals surface area contributed by atoms with Crippen molar-refractivity contribution in [1.29, 1.82) is 0 Å². The van der Waals surface area contributed by atoms with Crippen LogP contribution in [-0.2, 0) is 19.4 Å². The average molecular weight is 198 g/mol. The van der Waals surface area contributed by atoms with E-state index in [9.17, 15) is 0 Å². The summed E-state index contributed by atoms with van der Waals surface area (Å²) in [7, 11) is 0. The highest BCUT2D eigenvalue weighted by Crippen LogP contribution is 2.00. The van der Waals surface area contributed by atoms with Crippen molar-refractivity contribution < 1.29 is 0 Å². The lowest BCUT2D eigenvalue weighted by atomic mass is 10.4. The fourth-order valence-electron chi connectivity index (χ4n) is 1.11. The molecule has 4 nitrogen and oxygen atoms in total. The van der Waals surface area contributed by atoms with Gasteiger partial charge in [0.1, 0.15) is 5.82 Å². The predicted molar refractivity (Wildman–Crippen MR) is 55.6 cm³/mol. The van der Waals surface area contributed by atoms with Gasteiger partial charge in [0.2, 0.25) is 0 Å². The number of hydrogen-bond acceptors (Lipinski definition) is 3. The zero-order valence-corrected chi connectivity index (χ0v) is 8.77. The molecule has 0 fully saturated rings. The summed E-state index contributed by atoms with van der Waals surface area (Å²) < 4.78 is 1.78. The molecular weight excluding hydrogens is 184 g/mol. The third-order valence-electron chi connectivity index (χ3n) is 1.73. The van der Waals surface area contributed by atoms with Crippen LogP contribution in [0.2, 0.25) is 0 Å². The molecule has 0 aliphatic carbocycles. The molecule has 0 saturated heterocycles. The summed E-state index contributed by atoms with van der Waals surface area (Å²) in [4.78, 5) is 4.78. The molecule has 0 unspecified atom stereocenters. The minimum Gasteiger partial charge on any atom is -0.392 e. The maximum atomic E-state index is 5.44. The molecule has 5 heteroatoms. The summed E-state index contributed by atoms with van der Waals surface area (Å²) in [6.07, 6.45) is 1.70. The molecule has 13 heavy (non-hydrogen) atoms. The van der Waals surface area contributed by atoms with Gasteiger partial charge in [-0.3, -0.25) is 0 Å². The van der Waals surface area contributed by atoms with Gasteiger partial charge in [-0.15, -0.1) is 0 Å². The summed E-state index contributed by atoms with van der Waals surface area (Å²) >= 11 is 4.82. The molecule has 72 valence electrons. The summed E-state index contributed by atoms with van der Waals surface area (Å²) in [5.74, 6) is 1.80. The Hall–Kier alpha value is -0.970. The summed E-state index contributed by atoms with van der Waals surface area (Å²) in [6, 6.07) is 0. The van der Waals surface area contributed by atoms with Gasteiger partial charge in [0.05, 0.1) is 11.5 Å². The molecule has 0 aromatic carbocycles. The van der Waals surface area contributed by atoms with Crippen LogP contribution < -0.4 is 5.73 Å². The zero-order chi connectivity index (χ0) is 9.84. The van der Waals surface area contributed by atoms with Crippen LogP contribution in [0.4, 0.5) is 0 Å². The van der Waals surface area contributed by atoms with Gasteiger partial charge in [-0.1, -0.05) is 26.1 Å². The predicted octanol–water partition coefficient (Wildman–Crippen LogP) is 0.689. The summed E-state index contributed by atoms with van der Waals surface area (Å²) in [5.41, 5.74) is 5.44. The van der Waals surface area contributed by atoms with E-state index >= 15 is 0 Å². The van der Waals surface area contributed by atoms with Crippen molar-refractivity contribution in [2.75, 3.05) is 0 Å². The second-order valence-electron chi connectivity index (χ2n) is 2.78. The van der Waals surface area contributed by atoms with Crippen molar-refractivity contribution >= 4 is 17.2 Å². The van der Waals surface area contributed by atoms with Crippen molar-refractivity contribution in [3.63, 3.8) is 0 Å². The lowest BCUT2D eigenvalue weighted by molar-refractivity contribution is 0.668. The maximum Gasteiger partial charge on any atom is 0.150 e. The van der Waals surface area contributed by atoms with Crippen LogP contribution in [0.5, 0.6) is 0 Å². The van der Waals surface area contributed by atoms with Crippen LogP contribution in [0, 0.1) is 0 Å². The van der Waals surface area contributed by atoms with Crippen LogP contribution in [0.1, 0.15) is 25.5 Å². The van der Waals surface area contributed by atoms with Gasteiger partial charge in [-0.05, 0) is 0 Å². The SMILES string of the molecule is CCc1nc(CC)n(CC(N)=S)n1. The minimum atomic E-state index is 0.447. The van der Waals surface area contributed by atoms with Gasteiger partial charge >= 0.3 is 0 Å². The number of hydrogen-bond donors (Lipinski definition) is 1. The molecule has 1 aromatic heterocycles. The molecule has 0 aliphatic heterocycles. The number of aryl methyl sites for hydroxylation is 2. The Bertz CT molecular complexity index is 305. The van der Waals surface area contributed by atoms with E-state index in [2.05, 4.69) is 10.1 Å². The van der Waals surface area contributed by atoms with Crippen molar-refractivity contribution in [3.05, 3.63) is 11.6 Å². The second kappa shape index (κ2) is 4.32. The van der Waals surface area contributed by atoms with E-state index in [1.54, 1.807) is 4.68 Å². The molecule has 0 amide bonds. The largest absolute Gasteiger partial charge is 0.392 e. The summed E-state index contributed by atoms with van der Waals surface area (Å²) in [5, 5.41) is 4.28. The monoisotopic (exact) mass is 198 g/mol. The Morgan fingerprint density at radius 2 is 2.15 bits per heavy atom. The van der Waals surface area contributed by atoms with Gasteiger partial charge in [0.15, 0.2) is 5.82 Å². The molecule has 0 spiro atoms. The Morgan fingerprint density at radius 1 is 1.46 bits per heavy atom. The first kappa shape index (κ1) is 10.1. The van der Waals surface area contributed by atoms with Crippen molar-refractivity contribution in [3.8, 4) is 0 Å². The van der Waals surface area contributed by atoms with Crippen molar-refractivity contribution in [2.45, 2.75) is 33.2 Å². The highest BCUT2D eigenvalue weighted by atomic mass is 32.1. The van der Waals surface area contributed by atoms with Gasteiger partial charge < -0.3 is 5.73 Å². The maximum absolute atomic E-state index is 5.44. The average Bonchev–Trinajstić information content (AvgIpc) is 2.46. The first-order chi connectivity index (χ1) is 6.17. The lowest BCUT2D eigenvalue weighted by Gasteiger charge is -2.00. The van der Waals surface area contributed by atoms with Gasteiger partial charge in [0, 0.05) is 12.8 Å². The smallest absolute Gasteiger partial charge is 0.150 e. The van der Waals surface area contributed by atoms with Crippen LogP contribution >= 0.6 is 12.2 Å². The standard InChI is InChI=1S/C8H14N4S/c1-3-7-10-8(4-2)12(11-7)5-6(9)13/h3-5H2,1-2H3,(H2,9,13). The number of rotatable bonds is 4. The molecule has 0 radical (unpaired) electrons. The van der Waals surface area contributed by atoms with E-state index in [-0.39, 0.29) is 0 Å². The van der Waals surface area contributed by atoms with E-state index in [0.29, 0.717) is 11.5 Å². The quantitative estimate of drug-likeness (QED) is 0.723. The molecule has 1 aromatic rings. The fraction of sp³-hybridized carbons (Fsp3) is 0.625. The molecule has 0 atom stereocenters. The van der Waals surface area contributed by atoms with Gasteiger partial charge in [-0.25, -0.2) is 9.67 Å². The van der Waals surface area contributed by atoms with Gasteiger partial charge in [0.25, 0.3) is 0 Å². The molecular formula is C8H14N4S. The normalized spacial score (nSPS) is 10.3. The number of thiocarbonyl (C=S) groups is 1. The number of aromatic nitrogens is 3. The Labute approximate surface area is 83.1 Å². The molecule has 0 aliphatic rings. The Kier molecular flexibility index (Phi) is 3.36. The van der Waals surface area contributed by atoms with E-state index in [4.69, 9.17) is 18.0 Å². The molecule has 1 heterocycles. The van der Waals surface area contributed by atoms with E-state index in [1.165, 1.54) is 0 Å². The fourth-order valence-corrected chi connectivity index (χ4v) is 1.23. The van der Waals surface area contributed by atoms with Crippen LogP contribution in [0.25, 0.3) is 0 Å². The minimum absolute atomic E-state index is 0.447. The Balaban J connectivity index is 2.90. The van der Waals surface area contributed by atoms with Crippen LogP contribution in [-0.4, -0.2) is 19.8 Å². The van der Waals surface area contributed by atoms with E-state index in [1.807, 2.05) is 13.8 Å². The van der Waals surface area contributed by atoms with E-state index in [0.717, 1.165) is 24.5 Å². The molecule has 1 rings (SSSR count). The summed E-state index contributed by atoms with van der Waals surface area (Å²) in [6.45, 7) is 4.56. The third kappa shape index (κ3) is 2.48. The van der Waals surface area contributed by atoms with Crippen molar-refractivity contribution in [1.82, 2.24) is 14.8 Å². The first-order valence-corrected chi connectivity index (χ1v) is 4.79. The van der Waals surface area contributed by atoms with Gasteiger partial charge in [-0.2, -0.15) is 5.10 Å². The number of nitrogens with zero attached hydrogens (tertiary/aromatic N) is 3. The first-order valence-electron chi connectivity index (χ1n) is 4.38. The number of nitrogens with two attached hydrogens (primary N) is 1. The lowest BCUT2D eigenvalue weighted by Crippen LogP contribution is -2.19. The highest BCUT2D eigenvalue weighted by molar-refractivity contribution is 7.80. The van der Waals surface area contributed by atoms with Crippen molar-refractivity contribution in [2.24, 2.45) is 5.73 Å². The van der Waals surface area contributed by atoms with Crippen LogP contribution in [0.15, 0.2) is 0 Å². The Morgan fingerprint density at radius 3 is 2.62 bits per heavy atom. The third-order valence-corrected chi connectivity index (χ3v) is 1.86. The second-order valence-corrected chi connectivity index (χ2v) is 3.30. The van der Waals surface area contributed by atoms with E-state index < -0.39 is 0 Å². The topological polar surface area (TPSA) is 56.7 Å². The van der Waals surface area contributed by atoms with Crippen LogP contribution in [0.3, 0.4) is 0 Å².